The zero-order valence-corrected chi connectivity index (χ0v) is 43.0. The fourth-order valence-corrected chi connectivity index (χ4v) is 18.7. The molecule has 2 aliphatic rings. The normalized spacial score (nSPS) is 14.3. The summed E-state index contributed by atoms with van der Waals surface area (Å²) in [4.78, 5) is 5.08. The van der Waals surface area contributed by atoms with Crippen LogP contribution in [0, 0.1) is 0 Å². The minimum absolute atomic E-state index is 1.16. The maximum atomic E-state index is 2.54. The Morgan fingerprint density at radius 3 is 1.25 bits per heavy atom. The highest BCUT2D eigenvalue weighted by molar-refractivity contribution is 7.03. The highest BCUT2D eigenvalue weighted by atomic mass is 28.3. The Hall–Kier alpha value is -8.29. The third kappa shape index (κ3) is 6.32. The lowest BCUT2D eigenvalue weighted by Crippen LogP contribution is -2.58. The summed E-state index contributed by atoms with van der Waals surface area (Å²) >= 11 is 0. The lowest BCUT2D eigenvalue weighted by Gasteiger charge is -2.41. The Balaban J connectivity index is 1.13. The minimum Gasteiger partial charge on any atom is -0.311 e. The summed E-state index contributed by atoms with van der Waals surface area (Å²) in [5.41, 5.74) is 14.8. The van der Waals surface area contributed by atoms with Crippen molar-refractivity contribution in [2.45, 2.75) is 26.2 Å². The van der Waals surface area contributed by atoms with Gasteiger partial charge in [0, 0.05) is 34.1 Å². The van der Waals surface area contributed by atoms with Crippen LogP contribution in [0.15, 0.2) is 243 Å². The lowest BCUT2D eigenvalue weighted by atomic mass is 9.82. The summed E-state index contributed by atoms with van der Waals surface area (Å²) in [5, 5.41) is 15.7. The summed E-state index contributed by atoms with van der Waals surface area (Å²) in [6.45, 7) is 10.0. The smallest absolute Gasteiger partial charge is 0.117 e. The Kier molecular flexibility index (Phi) is 9.54. The van der Waals surface area contributed by atoms with E-state index < -0.39 is 16.1 Å². The van der Waals surface area contributed by atoms with E-state index in [1.54, 1.807) is 0 Å². The van der Waals surface area contributed by atoms with Crippen LogP contribution >= 0.6 is 0 Å². The van der Waals surface area contributed by atoms with Crippen molar-refractivity contribution >= 4 is 114 Å². The van der Waals surface area contributed by atoms with Gasteiger partial charge in [0.25, 0.3) is 0 Å². The molecule has 342 valence electrons. The number of nitrogens with zero attached hydrogens (tertiary/aromatic N) is 2. The Bertz CT molecular complexity index is 4100. The minimum atomic E-state index is -2.02. The first kappa shape index (κ1) is 42.6. The van der Waals surface area contributed by atoms with Crippen molar-refractivity contribution in [3.63, 3.8) is 0 Å². The second kappa shape index (κ2) is 16.1. The quantitative estimate of drug-likeness (QED) is 0.125. The molecule has 2 nitrogen and oxygen atoms in total. The van der Waals surface area contributed by atoms with Crippen LogP contribution < -0.4 is 30.5 Å². The van der Waals surface area contributed by atoms with Crippen LogP contribution in [0.1, 0.15) is 0 Å². The number of rotatable bonds is 5. The number of benzene rings is 12. The first-order valence-corrected chi connectivity index (χ1v) is 31.3. The molecule has 14 rings (SSSR count). The van der Waals surface area contributed by atoms with E-state index in [0.29, 0.717) is 0 Å². The molecule has 0 aromatic heterocycles. The molecule has 0 spiro atoms. The summed E-state index contributed by atoms with van der Waals surface area (Å²) in [6, 6.07) is 91.9. The van der Waals surface area contributed by atoms with Crippen LogP contribution in [0.3, 0.4) is 0 Å². The van der Waals surface area contributed by atoms with Gasteiger partial charge in [0.05, 0.1) is 0 Å². The van der Waals surface area contributed by atoms with Gasteiger partial charge in [0.1, 0.15) is 16.1 Å². The average Bonchev–Trinajstić information content (AvgIpc) is 3.42. The maximum absolute atomic E-state index is 2.54. The van der Waals surface area contributed by atoms with Crippen molar-refractivity contribution < 1.29 is 0 Å². The lowest BCUT2D eigenvalue weighted by molar-refractivity contribution is 1.29. The van der Waals surface area contributed by atoms with Gasteiger partial charge in [-0.05, 0) is 152 Å². The van der Waals surface area contributed by atoms with Crippen molar-refractivity contribution in [1.82, 2.24) is 0 Å². The van der Waals surface area contributed by atoms with E-state index >= 15 is 0 Å². The standard InChI is InChI=1S/C68H52N2Si2/c1-71(2)63-32-15-11-28-59(63)69(60-29-12-16-33-64(60)71)49-39-41-56-57(43-49)67(48-37-36-45-20-5-6-22-47(45)42-48)55-40-38-50(70-61-30-13-17-34-65(61)72(3,4)66-35-18-14-31-62(66)70)44-58(55)68(56)54-26-10-9-25-53(54)52-27-19-23-46-21-7-8-24-51(46)52/h5-44H,1-4H3. The van der Waals surface area contributed by atoms with Gasteiger partial charge in [-0.25, -0.2) is 0 Å². The van der Waals surface area contributed by atoms with Gasteiger partial charge in [-0.3, -0.25) is 0 Å². The van der Waals surface area contributed by atoms with E-state index in [1.165, 1.54) is 120 Å². The maximum Gasteiger partial charge on any atom is 0.117 e. The van der Waals surface area contributed by atoms with E-state index in [0.717, 1.165) is 11.4 Å². The molecule has 0 atom stereocenters. The predicted molar refractivity (Wildman–Crippen MR) is 316 cm³/mol. The number of hydrogen-bond acceptors (Lipinski definition) is 2. The Labute approximate surface area is 423 Å². The van der Waals surface area contributed by atoms with Gasteiger partial charge in [-0.2, -0.15) is 0 Å². The molecule has 0 amide bonds. The average molecular weight is 953 g/mol. The Morgan fingerprint density at radius 1 is 0.264 bits per heavy atom. The van der Waals surface area contributed by atoms with Crippen molar-refractivity contribution in [1.29, 1.82) is 0 Å². The van der Waals surface area contributed by atoms with Crippen LogP contribution in [0.2, 0.25) is 26.2 Å². The molecule has 0 saturated heterocycles. The summed E-state index contributed by atoms with van der Waals surface area (Å²) in [6.07, 6.45) is 0. The molecular weight excluding hydrogens is 901 g/mol. The van der Waals surface area contributed by atoms with Gasteiger partial charge in [0.2, 0.25) is 0 Å². The van der Waals surface area contributed by atoms with Gasteiger partial charge >= 0.3 is 0 Å². The van der Waals surface area contributed by atoms with Gasteiger partial charge in [-0.1, -0.05) is 214 Å². The fraction of sp³-hybridized carbons (Fsp3) is 0.0588. The van der Waals surface area contributed by atoms with Crippen LogP contribution in [0.5, 0.6) is 0 Å². The Morgan fingerprint density at radius 2 is 0.681 bits per heavy atom. The monoisotopic (exact) mass is 952 g/mol. The van der Waals surface area contributed by atoms with E-state index in [2.05, 4.69) is 279 Å². The van der Waals surface area contributed by atoms with Gasteiger partial charge in [-0.15, -0.1) is 0 Å². The first-order valence-electron chi connectivity index (χ1n) is 25.3. The largest absolute Gasteiger partial charge is 0.311 e. The number of para-hydroxylation sites is 4. The van der Waals surface area contributed by atoms with Crippen LogP contribution in [-0.4, -0.2) is 16.1 Å². The second-order valence-electron chi connectivity index (χ2n) is 20.8. The van der Waals surface area contributed by atoms with E-state index in [1.807, 2.05) is 0 Å². The van der Waals surface area contributed by atoms with Crippen molar-refractivity contribution in [3.8, 4) is 33.4 Å². The molecule has 0 N–H and O–H groups in total. The second-order valence-corrected chi connectivity index (χ2v) is 29.5. The molecule has 2 heterocycles. The van der Waals surface area contributed by atoms with E-state index in [9.17, 15) is 0 Å². The topological polar surface area (TPSA) is 6.48 Å². The fourth-order valence-electron chi connectivity index (χ4n) is 12.7. The first-order chi connectivity index (χ1) is 35.3. The number of anilines is 6. The molecule has 72 heavy (non-hydrogen) atoms. The molecule has 0 fully saturated rings. The van der Waals surface area contributed by atoms with Gasteiger partial charge < -0.3 is 9.80 Å². The van der Waals surface area contributed by atoms with Crippen molar-refractivity contribution in [2.75, 3.05) is 9.80 Å². The van der Waals surface area contributed by atoms with Crippen molar-refractivity contribution in [3.05, 3.63) is 243 Å². The summed E-state index contributed by atoms with van der Waals surface area (Å²) in [7, 11) is -4.03. The van der Waals surface area contributed by atoms with E-state index in [4.69, 9.17) is 0 Å². The molecule has 0 radical (unpaired) electrons. The third-order valence-corrected chi connectivity index (χ3v) is 23.3. The summed E-state index contributed by atoms with van der Waals surface area (Å²) in [5.74, 6) is 0. The van der Waals surface area contributed by atoms with Gasteiger partial charge in [0.15, 0.2) is 0 Å². The third-order valence-electron chi connectivity index (χ3n) is 16.2. The highest BCUT2D eigenvalue weighted by Crippen LogP contribution is 2.51. The molecule has 12 aromatic carbocycles. The van der Waals surface area contributed by atoms with Crippen LogP contribution in [-0.2, 0) is 0 Å². The van der Waals surface area contributed by atoms with Crippen molar-refractivity contribution in [2.24, 2.45) is 0 Å². The zero-order chi connectivity index (χ0) is 48.3. The molecular formula is C68H52N2Si2. The SMILES string of the molecule is C[Si]1(C)c2ccccc2N(c2ccc3c(-c4ccccc4-c4cccc5ccccc45)c4cc(N5c6ccccc6[Si](C)(C)c6ccccc65)ccc4c(-c4ccc5ccccc5c4)c3c2)c2ccccc21. The molecule has 0 aliphatic carbocycles. The molecule has 4 heteroatoms. The molecule has 2 aliphatic heterocycles. The number of hydrogen-bond donors (Lipinski definition) is 0. The predicted octanol–water partition coefficient (Wildman–Crippen LogP) is 16.5. The summed E-state index contributed by atoms with van der Waals surface area (Å²) < 4.78 is 0. The van der Waals surface area contributed by atoms with Crippen LogP contribution in [0.4, 0.5) is 34.1 Å². The highest BCUT2D eigenvalue weighted by Gasteiger charge is 2.40. The molecule has 0 saturated carbocycles. The van der Waals surface area contributed by atoms with Crippen LogP contribution in [0.25, 0.3) is 76.5 Å². The zero-order valence-electron chi connectivity index (χ0n) is 41.0. The molecule has 0 unspecified atom stereocenters. The molecule has 12 aromatic rings. The molecule has 0 bridgehead atoms. The van der Waals surface area contributed by atoms with E-state index in [-0.39, 0.29) is 0 Å². The number of fused-ring (bicyclic) bond motifs is 8.